The molecule has 2 N–H and O–H groups in total. The minimum absolute atomic E-state index is 0.0590. The van der Waals surface area contributed by atoms with Gasteiger partial charge in [0.1, 0.15) is 0 Å². The van der Waals surface area contributed by atoms with Crippen LogP contribution in [0.4, 0.5) is 18.9 Å². The van der Waals surface area contributed by atoms with E-state index < -0.39 is 11.7 Å². The van der Waals surface area contributed by atoms with Gasteiger partial charge >= 0.3 is 6.18 Å². The highest BCUT2D eigenvalue weighted by atomic mass is 32.2. The van der Waals surface area contributed by atoms with Gasteiger partial charge in [0.05, 0.1) is 11.3 Å². The van der Waals surface area contributed by atoms with Crippen molar-refractivity contribution in [3.05, 3.63) is 29.3 Å². The molecule has 1 rings (SSSR count). The third kappa shape index (κ3) is 4.34. The molecular weight excluding hydrogens is 263 g/mol. The smallest absolute Gasteiger partial charge is 0.398 e. The van der Waals surface area contributed by atoms with E-state index in [1.54, 1.807) is 0 Å². The van der Waals surface area contributed by atoms with E-state index in [4.69, 9.17) is 5.73 Å². The normalized spacial score (nSPS) is 10.7. The van der Waals surface area contributed by atoms with E-state index >= 15 is 0 Å². The lowest BCUT2D eigenvalue weighted by Crippen LogP contribution is -2.08. The van der Waals surface area contributed by atoms with Gasteiger partial charge in [-0.15, -0.1) is 0 Å². The van der Waals surface area contributed by atoms with Gasteiger partial charge in [-0.05, 0) is 18.2 Å². The van der Waals surface area contributed by atoms with Gasteiger partial charge in [0.15, 0.2) is 5.12 Å². The first-order chi connectivity index (χ1) is 8.30. The van der Waals surface area contributed by atoms with Crippen molar-refractivity contribution in [1.82, 2.24) is 0 Å². The molecule has 0 unspecified atom stereocenters. The average molecular weight is 273 g/mol. The van der Waals surface area contributed by atoms with Gasteiger partial charge in [-0.25, -0.2) is 0 Å². The number of benzene rings is 1. The number of carbonyl (C=O) groups is 1. The second-order valence-electron chi connectivity index (χ2n) is 3.38. The Balaban J connectivity index is 2.82. The summed E-state index contributed by atoms with van der Waals surface area (Å²) < 4.78 is 37.3. The monoisotopic (exact) mass is 273 g/mol. The predicted octanol–water partition coefficient (Wildman–Crippen LogP) is 2.92. The molecule has 2 nitrogen and oxygen atoms in total. The summed E-state index contributed by atoms with van der Waals surface area (Å²) in [6.45, 7) is 1.42. The highest BCUT2D eigenvalue weighted by Crippen LogP contribution is 2.33. The zero-order valence-electron chi connectivity index (χ0n) is 9.47. The molecule has 0 saturated heterocycles. The first-order valence-electron chi connectivity index (χ1n) is 4.89. The number of alkyl halides is 3. The molecule has 0 aliphatic carbocycles. The molecule has 0 heterocycles. The molecule has 0 aromatic heterocycles. The number of anilines is 1. The number of thioether (sulfide) groups is 1. The fourth-order valence-corrected chi connectivity index (χ4v) is 1.52. The second kappa shape index (κ2) is 5.83. The Morgan fingerprint density at radius 1 is 1.44 bits per heavy atom. The molecule has 0 fully saturated rings. The zero-order chi connectivity index (χ0) is 13.8. The molecule has 0 spiro atoms. The summed E-state index contributed by atoms with van der Waals surface area (Å²) in [5.74, 6) is 5.62. The molecule has 0 aliphatic heterocycles. The lowest BCUT2D eigenvalue weighted by molar-refractivity contribution is -0.136. The fraction of sp³-hybridized carbons (Fsp3) is 0.250. The molecule has 1 aromatic carbocycles. The third-order valence-electron chi connectivity index (χ3n) is 1.94. The molecule has 0 amide bonds. The van der Waals surface area contributed by atoms with Crippen LogP contribution in [0.5, 0.6) is 0 Å². The first kappa shape index (κ1) is 14.5. The Morgan fingerprint density at radius 2 is 2.11 bits per heavy atom. The maximum absolute atomic E-state index is 12.4. The molecule has 0 radical (unpaired) electrons. The van der Waals surface area contributed by atoms with Gasteiger partial charge in [-0.2, -0.15) is 13.2 Å². The van der Waals surface area contributed by atoms with E-state index in [2.05, 4.69) is 11.8 Å². The van der Waals surface area contributed by atoms with Gasteiger partial charge in [-0.3, -0.25) is 4.79 Å². The van der Waals surface area contributed by atoms with Crippen LogP contribution in [-0.2, 0) is 11.0 Å². The van der Waals surface area contributed by atoms with Crippen LogP contribution in [0.2, 0.25) is 0 Å². The number of rotatable bonds is 1. The number of carbonyl (C=O) groups excluding carboxylic acids is 1. The van der Waals surface area contributed by atoms with E-state index in [0.29, 0.717) is 11.3 Å². The van der Waals surface area contributed by atoms with Crippen molar-refractivity contribution in [2.45, 2.75) is 13.1 Å². The minimum atomic E-state index is -4.46. The summed E-state index contributed by atoms with van der Waals surface area (Å²) in [6, 6.07) is 3.33. The quantitative estimate of drug-likeness (QED) is 0.632. The van der Waals surface area contributed by atoms with Crippen LogP contribution in [-0.4, -0.2) is 10.9 Å². The van der Waals surface area contributed by atoms with Gasteiger partial charge in [0.2, 0.25) is 0 Å². The molecule has 0 bridgehead atoms. The number of halogens is 3. The van der Waals surface area contributed by atoms with E-state index in [-0.39, 0.29) is 10.8 Å². The van der Waals surface area contributed by atoms with Crippen LogP contribution in [0.1, 0.15) is 18.1 Å². The summed E-state index contributed by atoms with van der Waals surface area (Å²) >= 11 is 1.04. The van der Waals surface area contributed by atoms with Crippen LogP contribution >= 0.6 is 11.8 Å². The van der Waals surface area contributed by atoms with Gasteiger partial charge in [-0.1, -0.05) is 23.6 Å². The van der Waals surface area contributed by atoms with Crippen molar-refractivity contribution in [2.75, 3.05) is 11.5 Å². The molecule has 0 saturated carbocycles. The number of nitrogen functional groups attached to an aromatic ring is 1. The molecule has 0 aliphatic rings. The largest absolute Gasteiger partial charge is 0.418 e. The van der Waals surface area contributed by atoms with E-state index in [1.165, 1.54) is 19.1 Å². The van der Waals surface area contributed by atoms with E-state index in [9.17, 15) is 18.0 Å². The molecule has 1 aromatic rings. The van der Waals surface area contributed by atoms with Gasteiger partial charge in [0.25, 0.3) is 0 Å². The van der Waals surface area contributed by atoms with Crippen LogP contribution in [0.25, 0.3) is 0 Å². The Kier molecular flexibility index (Phi) is 4.68. The van der Waals surface area contributed by atoms with Crippen LogP contribution in [0, 0.1) is 11.8 Å². The Hall–Kier alpha value is -1.61. The van der Waals surface area contributed by atoms with Crippen molar-refractivity contribution in [2.24, 2.45) is 0 Å². The van der Waals surface area contributed by atoms with Gasteiger partial charge < -0.3 is 5.73 Å². The highest BCUT2D eigenvalue weighted by Gasteiger charge is 2.32. The number of hydrogen-bond acceptors (Lipinski definition) is 3. The fourth-order valence-electron chi connectivity index (χ4n) is 1.17. The predicted molar refractivity (Wildman–Crippen MR) is 65.9 cm³/mol. The molecule has 6 heteroatoms. The Labute approximate surface area is 107 Å². The van der Waals surface area contributed by atoms with Crippen LogP contribution < -0.4 is 5.73 Å². The number of hydrogen-bond donors (Lipinski definition) is 1. The third-order valence-corrected chi connectivity index (χ3v) is 2.63. The minimum Gasteiger partial charge on any atom is -0.398 e. The van der Waals surface area contributed by atoms with Crippen LogP contribution in [0.3, 0.4) is 0 Å². The summed E-state index contributed by atoms with van der Waals surface area (Å²) in [7, 11) is 0. The molecule has 0 atom stereocenters. The molecule has 18 heavy (non-hydrogen) atoms. The van der Waals surface area contributed by atoms with Crippen molar-refractivity contribution in [3.8, 4) is 11.8 Å². The first-order valence-corrected chi connectivity index (χ1v) is 5.88. The Bertz CT molecular complexity index is 514. The average Bonchev–Trinajstić information content (AvgIpc) is 2.22. The highest BCUT2D eigenvalue weighted by molar-refractivity contribution is 8.13. The van der Waals surface area contributed by atoms with Crippen molar-refractivity contribution in [1.29, 1.82) is 0 Å². The zero-order valence-corrected chi connectivity index (χ0v) is 10.3. The number of nitrogens with two attached hydrogens (primary N) is 1. The second-order valence-corrected chi connectivity index (χ2v) is 4.53. The van der Waals surface area contributed by atoms with Gasteiger partial charge in [0, 0.05) is 18.2 Å². The van der Waals surface area contributed by atoms with Crippen molar-refractivity contribution in [3.63, 3.8) is 0 Å². The van der Waals surface area contributed by atoms with Crippen molar-refractivity contribution < 1.29 is 18.0 Å². The van der Waals surface area contributed by atoms with E-state index in [1.807, 2.05) is 0 Å². The maximum atomic E-state index is 12.4. The lowest BCUT2D eigenvalue weighted by atomic mass is 10.1. The lowest BCUT2D eigenvalue weighted by Gasteiger charge is -2.09. The Morgan fingerprint density at radius 3 is 2.61 bits per heavy atom. The summed E-state index contributed by atoms with van der Waals surface area (Å²) in [5.41, 5.74) is 4.48. The maximum Gasteiger partial charge on any atom is 0.418 e. The molecular formula is C12H10F3NOS. The summed E-state index contributed by atoms with van der Waals surface area (Å²) in [4.78, 5) is 10.6. The SMILES string of the molecule is CC(=O)SCC#Cc1ccc(C(F)(F)F)c(N)c1. The summed E-state index contributed by atoms with van der Waals surface area (Å²) in [6.07, 6.45) is -4.46. The van der Waals surface area contributed by atoms with Crippen molar-refractivity contribution >= 4 is 22.6 Å². The topological polar surface area (TPSA) is 43.1 Å². The summed E-state index contributed by atoms with van der Waals surface area (Å²) in [5, 5.41) is -0.0590. The standard InChI is InChI=1S/C12H10F3NOS/c1-8(17)18-6-2-3-9-4-5-10(11(16)7-9)12(13,14)15/h4-5,7H,6,16H2,1H3. The van der Waals surface area contributed by atoms with E-state index in [0.717, 1.165) is 17.8 Å². The van der Waals surface area contributed by atoms with Crippen LogP contribution in [0.15, 0.2) is 18.2 Å². The molecule has 96 valence electrons.